The molecule has 3 aliphatic carbocycles. The highest BCUT2D eigenvalue weighted by molar-refractivity contribution is 6.32. The van der Waals surface area contributed by atoms with Crippen LogP contribution in [0.5, 0.6) is 0 Å². The Balaban J connectivity index is 1.42. The molecule has 8 aromatic rings. The van der Waals surface area contributed by atoms with Gasteiger partial charge >= 0.3 is 0 Å². The molecule has 0 aliphatic heterocycles. The molecule has 0 amide bonds. The highest BCUT2D eigenvalue weighted by Gasteiger charge is 2.37. The van der Waals surface area contributed by atoms with Gasteiger partial charge < -0.3 is 0 Å². The van der Waals surface area contributed by atoms with Crippen molar-refractivity contribution in [1.82, 2.24) is 0 Å². The fraction of sp³-hybridized carbons (Fsp3) is 0.0526. The van der Waals surface area contributed by atoms with Gasteiger partial charge in [0, 0.05) is 5.92 Å². The summed E-state index contributed by atoms with van der Waals surface area (Å²) in [6.07, 6.45) is 8.40. The van der Waals surface area contributed by atoms with Crippen LogP contribution < -0.4 is 0 Å². The second-order valence-electron chi connectivity index (χ2n) is 11.5. The SMILES string of the molecule is C1=CC2c3cc4ccc5cccc6cc7c(c3C(=CC7)c3c2c2c1ccc1ccc7cccc3c7c12)c4c56. The zero-order valence-corrected chi connectivity index (χ0v) is 20.6. The summed E-state index contributed by atoms with van der Waals surface area (Å²) in [6.45, 7) is 0. The smallest absolute Gasteiger partial charge is 0.0292 e. The molecule has 172 valence electrons. The van der Waals surface area contributed by atoms with Crippen LogP contribution in [0.15, 0.2) is 97.1 Å². The van der Waals surface area contributed by atoms with E-state index in [-0.39, 0.29) is 5.92 Å². The number of hydrogen-bond acceptors (Lipinski definition) is 0. The molecule has 0 saturated heterocycles. The van der Waals surface area contributed by atoms with Gasteiger partial charge in [-0.05, 0) is 116 Å². The minimum absolute atomic E-state index is 0.270. The van der Waals surface area contributed by atoms with Gasteiger partial charge in [-0.3, -0.25) is 0 Å². The Morgan fingerprint density at radius 2 is 1.26 bits per heavy atom. The van der Waals surface area contributed by atoms with Crippen LogP contribution in [0.25, 0.3) is 76.3 Å². The number of benzene rings is 8. The molecule has 38 heavy (non-hydrogen) atoms. The lowest BCUT2D eigenvalue weighted by molar-refractivity contribution is 1.01. The Labute approximate surface area is 218 Å². The molecule has 0 bridgehead atoms. The molecule has 0 fully saturated rings. The summed E-state index contributed by atoms with van der Waals surface area (Å²) in [5.74, 6) is 0.270. The van der Waals surface area contributed by atoms with Crippen LogP contribution in [0, 0.1) is 0 Å². The van der Waals surface area contributed by atoms with E-state index in [1.54, 1.807) is 0 Å². The molecule has 0 radical (unpaired) electrons. The van der Waals surface area contributed by atoms with Crippen molar-refractivity contribution in [3.05, 3.63) is 130 Å². The van der Waals surface area contributed by atoms with Gasteiger partial charge in [0.2, 0.25) is 0 Å². The van der Waals surface area contributed by atoms with Crippen LogP contribution in [0.2, 0.25) is 0 Å². The average molecular weight is 477 g/mol. The monoisotopic (exact) mass is 476 g/mol. The van der Waals surface area contributed by atoms with Crippen molar-refractivity contribution in [2.45, 2.75) is 12.3 Å². The minimum atomic E-state index is 0.270. The lowest BCUT2D eigenvalue weighted by atomic mass is 9.65. The molecular formula is C38H20. The van der Waals surface area contributed by atoms with E-state index < -0.39 is 0 Å². The normalized spacial score (nSPS) is 17.2. The van der Waals surface area contributed by atoms with Crippen molar-refractivity contribution >= 4 is 76.3 Å². The van der Waals surface area contributed by atoms with Gasteiger partial charge in [-0.15, -0.1) is 0 Å². The second kappa shape index (κ2) is 5.90. The molecule has 1 unspecified atom stereocenters. The first-order valence-electron chi connectivity index (χ1n) is 13.7. The molecule has 0 saturated carbocycles. The lowest BCUT2D eigenvalue weighted by Gasteiger charge is -2.37. The lowest BCUT2D eigenvalue weighted by Crippen LogP contribution is -2.18. The van der Waals surface area contributed by atoms with Gasteiger partial charge in [0.05, 0.1) is 0 Å². The largest absolute Gasteiger partial charge is 0.0720 e. The summed E-state index contributed by atoms with van der Waals surface area (Å²) in [4.78, 5) is 0. The van der Waals surface area contributed by atoms with E-state index in [0.29, 0.717) is 0 Å². The maximum Gasteiger partial charge on any atom is 0.0292 e. The number of hydrogen-bond donors (Lipinski definition) is 0. The molecule has 0 heterocycles. The zero-order chi connectivity index (χ0) is 24.3. The van der Waals surface area contributed by atoms with E-state index in [9.17, 15) is 0 Å². The topological polar surface area (TPSA) is 0 Å². The molecule has 0 aromatic heterocycles. The van der Waals surface area contributed by atoms with Crippen LogP contribution in [0.1, 0.15) is 39.3 Å². The zero-order valence-electron chi connectivity index (χ0n) is 20.6. The number of rotatable bonds is 0. The molecule has 11 rings (SSSR count). The fourth-order valence-corrected chi connectivity index (χ4v) is 8.54. The highest BCUT2D eigenvalue weighted by atomic mass is 14.4. The molecule has 8 aromatic carbocycles. The van der Waals surface area contributed by atoms with Gasteiger partial charge in [-0.2, -0.15) is 0 Å². The van der Waals surface area contributed by atoms with Crippen molar-refractivity contribution in [2.24, 2.45) is 0 Å². The molecular weight excluding hydrogens is 456 g/mol. The van der Waals surface area contributed by atoms with Crippen molar-refractivity contribution in [2.75, 3.05) is 0 Å². The summed E-state index contributed by atoms with van der Waals surface area (Å²) in [5, 5.41) is 16.9. The van der Waals surface area contributed by atoms with Gasteiger partial charge in [-0.1, -0.05) is 97.1 Å². The van der Waals surface area contributed by atoms with E-state index in [4.69, 9.17) is 0 Å². The van der Waals surface area contributed by atoms with Crippen LogP contribution in [0.4, 0.5) is 0 Å². The Bertz CT molecular complexity index is 2460. The van der Waals surface area contributed by atoms with E-state index >= 15 is 0 Å². The van der Waals surface area contributed by atoms with Crippen molar-refractivity contribution in [3.63, 3.8) is 0 Å². The van der Waals surface area contributed by atoms with E-state index in [1.807, 2.05) is 0 Å². The van der Waals surface area contributed by atoms with Gasteiger partial charge in [0.1, 0.15) is 0 Å². The summed E-state index contributed by atoms with van der Waals surface area (Å²) in [5.41, 5.74) is 10.3. The second-order valence-corrected chi connectivity index (χ2v) is 11.5. The molecule has 0 nitrogen and oxygen atoms in total. The predicted octanol–water partition coefficient (Wildman–Crippen LogP) is 9.94. The van der Waals surface area contributed by atoms with Crippen LogP contribution in [-0.4, -0.2) is 0 Å². The number of fused-ring (bicyclic) bond motifs is 3. The van der Waals surface area contributed by atoms with Crippen molar-refractivity contribution < 1.29 is 0 Å². The molecule has 0 N–H and O–H groups in total. The average Bonchev–Trinajstić information content (AvgIpc) is 2.97. The summed E-state index contributed by atoms with van der Waals surface area (Å²) in [6, 6.07) is 32.6. The van der Waals surface area contributed by atoms with Gasteiger partial charge in [0.25, 0.3) is 0 Å². The van der Waals surface area contributed by atoms with Crippen molar-refractivity contribution in [3.8, 4) is 0 Å². The Morgan fingerprint density at radius 1 is 0.553 bits per heavy atom. The van der Waals surface area contributed by atoms with Crippen molar-refractivity contribution in [1.29, 1.82) is 0 Å². The maximum atomic E-state index is 2.54. The van der Waals surface area contributed by atoms with Crippen LogP contribution in [-0.2, 0) is 6.42 Å². The van der Waals surface area contributed by atoms with E-state index in [1.165, 1.54) is 104 Å². The third kappa shape index (κ3) is 1.86. The predicted molar refractivity (Wildman–Crippen MR) is 162 cm³/mol. The summed E-state index contributed by atoms with van der Waals surface area (Å²) >= 11 is 0. The summed E-state index contributed by atoms with van der Waals surface area (Å²) in [7, 11) is 0. The molecule has 3 aliphatic rings. The molecule has 0 spiro atoms. The Hall–Kier alpha value is -4.68. The first kappa shape index (κ1) is 18.5. The third-order valence-corrected chi connectivity index (χ3v) is 9.91. The van der Waals surface area contributed by atoms with Crippen LogP contribution >= 0.6 is 0 Å². The molecule has 0 heteroatoms. The highest BCUT2D eigenvalue weighted by Crippen LogP contribution is 2.57. The summed E-state index contributed by atoms with van der Waals surface area (Å²) < 4.78 is 0. The van der Waals surface area contributed by atoms with E-state index in [0.717, 1.165) is 6.42 Å². The number of allylic oxidation sites excluding steroid dienone is 2. The maximum absolute atomic E-state index is 2.54. The van der Waals surface area contributed by atoms with E-state index in [2.05, 4.69) is 103 Å². The third-order valence-electron chi connectivity index (χ3n) is 9.91. The molecule has 1 atom stereocenters. The quantitative estimate of drug-likeness (QED) is 0.191. The van der Waals surface area contributed by atoms with Crippen LogP contribution in [0.3, 0.4) is 0 Å². The van der Waals surface area contributed by atoms with Gasteiger partial charge in [-0.25, -0.2) is 0 Å². The first-order valence-corrected chi connectivity index (χ1v) is 13.7. The Kier molecular flexibility index (Phi) is 2.88. The standard InChI is InChI=1S/C38H20/c1-3-19-11-12-25-18-29-26-15-13-22-10-9-21-8-7-20-4-2-6-27-31(20)32(21)33(22)38(26)36(27)28-16-14-24-17-23(5-1)30(19)34(25)35(24)37(28)29/h1-13,15-18,26H,14H2. The van der Waals surface area contributed by atoms with Gasteiger partial charge in [0.15, 0.2) is 0 Å². The minimum Gasteiger partial charge on any atom is -0.0720 e. The first-order chi connectivity index (χ1) is 18.8. The fourth-order valence-electron chi connectivity index (χ4n) is 8.54. The Morgan fingerprint density at radius 3 is 2.18 bits per heavy atom.